The normalized spacial score (nSPS) is 13.2. The van der Waals surface area contributed by atoms with E-state index in [2.05, 4.69) is 36.6 Å². The molecular weight excluding hydrogens is 348 g/mol. The Morgan fingerprint density at radius 1 is 0.846 bits per heavy atom. The number of carbonyl (C=O) groups is 2. The molecule has 26 heavy (non-hydrogen) atoms. The predicted molar refractivity (Wildman–Crippen MR) is 105 cm³/mol. The lowest BCUT2D eigenvalue weighted by atomic mass is 9.99. The van der Waals surface area contributed by atoms with Crippen LogP contribution in [0, 0.1) is 0 Å². The second kappa shape index (κ2) is 8.86. The molecule has 0 fully saturated rings. The quantitative estimate of drug-likeness (QED) is 0.786. The van der Waals surface area contributed by atoms with Gasteiger partial charge in [0.25, 0.3) is 5.91 Å². The van der Waals surface area contributed by atoms with E-state index in [-0.39, 0.29) is 17.9 Å². The third-order valence-electron chi connectivity index (χ3n) is 4.32. The third-order valence-corrected chi connectivity index (χ3v) is 4.65. The number of carbonyl (C=O) groups excluding carboxylic acids is 2. The molecule has 0 radical (unpaired) electrons. The van der Waals surface area contributed by atoms with Crippen LogP contribution in [0.25, 0.3) is 0 Å². The summed E-state index contributed by atoms with van der Waals surface area (Å²) in [6.07, 6.45) is 0. The monoisotopic (exact) mass is 372 g/mol. The van der Waals surface area contributed by atoms with Crippen LogP contribution in [0.4, 0.5) is 0 Å². The van der Waals surface area contributed by atoms with Crippen molar-refractivity contribution in [1.82, 2.24) is 10.6 Å². The maximum Gasteiger partial charge on any atom is 0.253 e. The lowest BCUT2D eigenvalue weighted by Crippen LogP contribution is -2.45. The summed E-state index contributed by atoms with van der Waals surface area (Å²) in [5, 5.41) is 5.97. The number of benzene rings is 2. The summed E-state index contributed by atoms with van der Waals surface area (Å²) in [4.78, 5) is 24.7. The Balaban J connectivity index is 1.95. The van der Waals surface area contributed by atoms with Gasteiger partial charge in [-0.05, 0) is 43.0 Å². The zero-order valence-corrected chi connectivity index (χ0v) is 16.3. The van der Waals surface area contributed by atoms with Gasteiger partial charge in [0.2, 0.25) is 5.91 Å². The van der Waals surface area contributed by atoms with Gasteiger partial charge in [-0.1, -0.05) is 61.8 Å². The summed E-state index contributed by atoms with van der Waals surface area (Å²) in [6, 6.07) is 14.1. The van der Waals surface area contributed by atoms with Crippen LogP contribution in [0.2, 0.25) is 5.02 Å². The van der Waals surface area contributed by atoms with E-state index >= 15 is 0 Å². The zero-order valence-electron chi connectivity index (χ0n) is 15.5. The smallest absolute Gasteiger partial charge is 0.253 e. The van der Waals surface area contributed by atoms with Gasteiger partial charge < -0.3 is 10.6 Å². The first-order valence-electron chi connectivity index (χ1n) is 8.75. The van der Waals surface area contributed by atoms with Gasteiger partial charge in [-0.15, -0.1) is 0 Å². The minimum absolute atomic E-state index is 0.150. The number of rotatable bonds is 6. The first kappa shape index (κ1) is 20.0. The molecule has 0 spiro atoms. The van der Waals surface area contributed by atoms with E-state index in [9.17, 15) is 9.59 Å². The minimum Gasteiger partial charge on any atom is -0.348 e. The molecule has 5 heteroatoms. The van der Waals surface area contributed by atoms with Crippen LogP contribution in [0.3, 0.4) is 0 Å². The van der Waals surface area contributed by atoms with Crippen LogP contribution in [-0.2, 0) is 4.79 Å². The molecule has 2 aromatic rings. The van der Waals surface area contributed by atoms with Gasteiger partial charge in [-0.3, -0.25) is 9.59 Å². The lowest BCUT2D eigenvalue weighted by molar-refractivity contribution is -0.123. The highest BCUT2D eigenvalue weighted by atomic mass is 35.5. The highest BCUT2D eigenvalue weighted by Crippen LogP contribution is 2.19. The van der Waals surface area contributed by atoms with E-state index in [1.54, 1.807) is 31.2 Å². The Morgan fingerprint density at radius 3 is 2.00 bits per heavy atom. The van der Waals surface area contributed by atoms with Crippen molar-refractivity contribution in [3.8, 4) is 0 Å². The lowest BCUT2D eigenvalue weighted by Gasteiger charge is -2.19. The van der Waals surface area contributed by atoms with E-state index in [4.69, 9.17) is 11.6 Å². The molecule has 0 saturated heterocycles. The molecule has 4 nitrogen and oxygen atoms in total. The molecule has 0 aromatic heterocycles. The first-order valence-corrected chi connectivity index (χ1v) is 9.13. The van der Waals surface area contributed by atoms with Gasteiger partial charge in [0.1, 0.15) is 6.04 Å². The molecular formula is C21H25ClN2O2. The number of hydrogen-bond donors (Lipinski definition) is 2. The molecule has 0 aliphatic heterocycles. The van der Waals surface area contributed by atoms with Gasteiger partial charge in [0.15, 0.2) is 0 Å². The standard InChI is InChI=1S/C21H25ClN2O2/c1-13(2)16-9-11-17(12-10-16)14(3)23-20(25)15(4)24-21(26)18-7-5-6-8-19(18)22/h5-15H,1-4H3,(H,23,25)(H,24,26)/t14-,15-/m1/s1. The molecule has 2 rings (SSSR count). The first-order chi connectivity index (χ1) is 12.3. The fourth-order valence-electron chi connectivity index (χ4n) is 2.58. The van der Waals surface area contributed by atoms with Gasteiger partial charge in [0.05, 0.1) is 16.6 Å². The van der Waals surface area contributed by atoms with Crippen LogP contribution >= 0.6 is 11.6 Å². The average Bonchev–Trinajstić information content (AvgIpc) is 2.61. The van der Waals surface area contributed by atoms with Crippen molar-refractivity contribution in [2.75, 3.05) is 0 Å². The van der Waals surface area contributed by atoms with E-state index < -0.39 is 6.04 Å². The average molecular weight is 373 g/mol. The van der Waals surface area contributed by atoms with Gasteiger partial charge in [0, 0.05) is 0 Å². The van der Waals surface area contributed by atoms with Crippen LogP contribution in [0.15, 0.2) is 48.5 Å². The molecule has 0 saturated carbocycles. The Bertz CT molecular complexity index is 772. The Morgan fingerprint density at radius 2 is 1.42 bits per heavy atom. The topological polar surface area (TPSA) is 58.2 Å². The number of hydrogen-bond acceptors (Lipinski definition) is 2. The van der Waals surface area contributed by atoms with Crippen molar-refractivity contribution in [2.24, 2.45) is 0 Å². The highest BCUT2D eigenvalue weighted by molar-refractivity contribution is 6.33. The number of amides is 2. The van der Waals surface area contributed by atoms with Crippen LogP contribution in [0.5, 0.6) is 0 Å². The van der Waals surface area contributed by atoms with E-state index in [0.29, 0.717) is 16.5 Å². The molecule has 0 aliphatic carbocycles. The molecule has 138 valence electrons. The zero-order chi connectivity index (χ0) is 19.3. The molecule has 0 heterocycles. The molecule has 2 atom stereocenters. The van der Waals surface area contributed by atoms with Gasteiger partial charge in [-0.2, -0.15) is 0 Å². The predicted octanol–water partition coefficient (Wildman–Crippen LogP) is 4.46. The van der Waals surface area contributed by atoms with Crippen molar-refractivity contribution in [3.63, 3.8) is 0 Å². The largest absolute Gasteiger partial charge is 0.348 e. The van der Waals surface area contributed by atoms with E-state index in [1.165, 1.54) is 5.56 Å². The number of halogens is 1. The molecule has 2 aromatic carbocycles. The second-order valence-corrected chi connectivity index (χ2v) is 7.13. The molecule has 0 bridgehead atoms. The molecule has 0 aliphatic rings. The Hall–Kier alpha value is -2.33. The van der Waals surface area contributed by atoms with Crippen LogP contribution in [0.1, 0.15) is 61.1 Å². The summed E-state index contributed by atoms with van der Waals surface area (Å²) in [5.41, 5.74) is 2.63. The van der Waals surface area contributed by atoms with Crippen molar-refractivity contribution >= 4 is 23.4 Å². The van der Waals surface area contributed by atoms with Crippen LogP contribution in [-0.4, -0.2) is 17.9 Å². The van der Waals surface area contributed by atoms with Crippen molar-refractivity contribution in [1.29, 1.82) is 0 Å². The molecule has 2 amide bonds. The van der Waals surface area contributed by atoms with Gasteiger partial charge in [-0.25, -0.2) is 0 Å². The fraction of sp³-hybridized carbons (Fsp3) is 0.333. The maximum absolute atomic E-state index is 12.4. The van der Waals surface area contributed by atoms with Gasteiger partial charge >= 0.3 is 0 Å². The minimum atomic E-state index is -0.670. The molecule has 2 N–H and O–H groups in total. The summed E-state index contributed by atoms with van der Waals surface area (Å²) in [5.74, 6) is -0.146. The van der Waals surface area contributed by atoms with Crippen molar-refractivity contribution in [2.45, 2.75) is 45.7 Å². The molecule has 0 unspecified atom stereocenters. The van der Waals surface area contributed by atoms with Crippen molar-refractivity contribution < 1.29 is 9.59 Å². The Kier molecular flexibility index (Phi) is 6.81. The fourth-order valence-corrected chi connectivity index (χ4v) is 2.80. The highest BCUT2D eigenvalue weighted by Gasteiger charge is 2.20. The maximum atomic E-state index is 12.4. The number of nitrogens with one attached hydrogen (secondary N) is 2. The summed E-state index contributed by atoms with van der Waals surface area (Å²) in [6.45, 7) is 7.86. The SMILES string of the molecule is CC(C)c1ccc([C@@H](C)NC(=O)[C@@H](C)NC(=O)c2ccccc2Cl)cc1. The summed E-state index contributed by atoms with van der Waals surface area (Å²) >= 11 is 6.02. The Labute approximate surface area is 159 Å². The van der Waals surface area contributed by atoms with Crippen molar-refractivity contribution in [3.05, 3.63) is 70.2 Å². The third kappa shape index (κ3) is 5.09. The second-order valence-electron chi connectivity index (χ2n) is 6.73. The van der Waals surface area contributed by atoms with E-state index in [0.717, 1.165) is 5.56 Å². The summed E-state index contributed by atoms with van der Waals surface area (Å²) in [7, 11) is 0. The van der Waals surface area contributed by atoms with E-state index in [1.807, 2.05) is 19.1 Å². The van der Waals surface area contributed by atoms with Crippen LogP contribution < -0.4 is 10.6 Å². The summed E-state index contributed by atoms with van der Waals surface area (Å²) < 4.78 is 0.